The van der Waals surface area contributed by atoms with E-state index in [-0.39, 0.29) is 30.9 Å². The molecule has 0 saturated carbocycles. The molecule has 1 aliphatic rings. The lowest BCUT2D eigenvalue weighted by Crippen LogP contribution is -2.39. The van der Waals surface area contributed by atoms with Crippen LogP contribution in [0, 0.1) is 0 Å². The summed E-state index contributed by atoms with van der Waals surface area (Å²) < 4.78 is 27.4. The Morgan fingerprint density at radius 1 is 1.17 bits per heavy atom. The van der Waals surface area contributed by atoms with Crippen molar-refractivity contribution < 1.29 is 8.42 Å². The van der Waals surface area contributed by atoms with Crippen LogP contribution in [0.3, 0.4) is 0 Å². The van der Waals surface area contributed by atoms with Gasteiger partial charge in [0, 0.05) is 36.9 Å². The molecule has 0 spiro atoms. The van der Waals surface area contributed by atoms with Crippen LogP contribution >= 0.6 is 24.8 Å². The Labute approximate surface area is 149 Å². The second-order valence-corrected chi connectivity index (χ2v) is 7.28. The quantitative estimate of drug-likeness (QED) is 0.872. The number of hydrogen-bond acceptors (Lipinski definition) is 4. The van der Waals surface area contributed by atoms with Crippen LogP contribution in [0.2, 0.25) is 0 Å². The van der Waals surface area contributed by atoms with Crippen molar-refractivity contribution in [3.05, 3.63) is 36.7 Å². The number of halogens is 2. The maximum atomic E-state index is 12.9. The molecule has 0 radical (unpaired) electrons. The van der Waals surface area contributed by atoms with Crippen LogP contribution in [-0.4, -0.2) is 43.4 Å². The molecule has 0 aliphatic carbocycles. The van der Waals surface area contributed by atoms with E-state index in [4.69, 9.17) is 0 Å². The van der Waals surface area contributed by atoms with E-state index in [1.165, 1.54) is 0 Å². The average molecular weight is 378 g/mol. The fourth-order valence-corrected chi connectivity index (χ4v) is 4.40. The van der Waals surface area contributed by atoms with Crippen LogP contribution in [0.4, 0.5) is 0 Å². The molecule has 3 rings (SSSR count). The summed E-state index contributed by atoms with van der Waals surface area (Å²) in [7, 11) is -3.45. The van der Waals surface area contributed by atoms with Crippen molar-refractivity contribution in [3.8, 4) is 0 Å². The molecule has 0 bridgehead atoms. The zero-order valence-electron chi connectivity index (χ0n) is 12.8. The minimum atomic E-state index is -3.45. The molecule has 1 aromatic heterocycles. The van der Waals surface area contributed by atoms with Gasteiger partial charge in [0.05, 0.1) is 4.90 Å². The molecule has 1 fully saturated rings. The van der Waals surface area contributed by atoms with Gasteiger partial charge in [-0.05, 0) is 43.5 Å². The number of benzene rings is 1. The Bertz CT molecular complexity index is 755. The fourth-order valence-electron chi connectivity index (χ4n) is 2.70. The van der Waals surface area contributed by atoms with Crippen molar-refractivity contribution >= 4 is 45.6 Å². The number of nitrogens with one attached hydrogen (secondary N) is 1. The summed E-state index contributed by atoms with van der Waals surface area (Å²) in [5.74, 6) is 0. The van der Waals surface area contributed by atoms with Gasteiger partial charge in [0.15, 0.2) is 0 Å². The smallest absolute Gasteiger partial charge is 0.243 e. The predicted molar refractivity (Wildman–Crippen MR) is 97.1 cm³/mol. The lowest BCUT2D eigenvalue weighted by Gasteiger charge is -2.26. The summed E-state index contributed by atoms with van der Waals surface area (Å²) in [6, 6.07) is 7.07. The summed E-state index contributed by atoms with van der Waals surface area (Å²) in [5, 5.41) is 5.09. The minimum Gasteiger partial charge on any atom is -0.315 e. The largest absolute Gasteiger partial charge is 0.315 e. The third kappa shape index (κ3) is 4.14. The van der Waals surface area contributed by atoms with Crippen LogP contribution in [0.25, 0.3) is 10.8 Å². The first-order valence-electron chi connectivity index (χ1n) is 7.15. The Morgan fingerprint density at radius 3 is 2.74 bits per heavy atom. The van der Waals surface area contributed by atoms with Crippen molar-refractivity contribution in [2.75, 3.05) is 19.6 Å². The Morgan fingerprint density at radius 2 is 1.96 bits per heavy atom. The van der Waals surface area contributed by atoms with Crippen molar-refractivity contribution in [1.82, 2.24) is 14.6 Å². The summed E-state index contributed by atoms with van der Waals surface area (Å²) >= 11 is 0. The number of hydrogen-bond donors (Lipinski definition) is 1. The van der Waals surface area contributed by atoms with Gasteiger partial charge in [-0.2, -0.15) is 4.31 Å². The molecule has 23 heavy (non-hydrogen) atoms. The van der Waals surface area contributed by atoms with Gasteiger partial charge in [-0.1, -0.05) is 6.07 Å². The van der Waals surface area contributed by atoms with Crippen LogP contribution in [0.15, 0.2) is 41.6 Å². The second-order valence-electron chi connectivity index (χ2n) is 5.39. The topological polar surface area (TPSA) is 62.3 Å². The Balaban J connectivity index is 0.00000132. The van der Waals surface area contributed by atoms with E-state index in [0.29, 0.717) is 18.0 Å². The maximum Gasteiger partial charge on any atom is 0.243 e. The lowest BCUT2D eigenvalue weighted by molar-refractivity contribution is 0.350. The molecule has 1 aromatic carbocycles. The molecule has 0 unspecified atom stereocenters. The molecule has 2 aromatic rings. The van der Waals surface area contributed by atoms with Gasteiger partial charge < -0.3 is 5.32 Å². The van der Waals surface area contributed by atoms with E-state index >= 15 is 0 Å². The molecule has 8 heteroatoms. The highest BCUT2D eigenvalue weighted by molar-refractivity contribution is 7.89. The van der Waals surface area contributed by atoms with Crippen LogP contribution in [0.5, 0.6) is 0 Å². The molecule has 1 N–H and O–H groups in total. The molecule has 0 amide bonds. The number of sulfonamides is 1. The summed E-state index contributed by atoms with van der Waals surface area (Å²) in [6.45, 7) is 4.03. The average Bonchev–Trinajstić information content (AvgIpc) is 2.71. The molecule has 1 atom stereocenters. The number of pyridine rings is 1. The van der Waals surface area contributed by atoms with Gasteiger partial charge in [-0.3, -0.25) is 4.98 Å². The molecular weight excluding hydrogens is 357 g/mol. The van der Waals surface area contributed by atoms with E-state index in [1.807, 2.05) is 19.1 Å². The molecule has 128 valence electrons. The van der Waals surface area contributed by atoms with Crippen LogP contribution in [-0.2, 0) is 10.0 Å². The lowest BCUT2D eigenvalue weighted by atomic mass is 10.2. The Hall–Kier alpha value is -0.920. The third-order valence-corrected chi connectivity index (χ3v) is 5.97. The first-order valence-corrected chi connectivity index (χ1v) is 8.59. The van der Waals surface area contributed by atoms with Crippen molar-refractivity contribution in [2.24, 2.45) is 0 Å². The number of aromatic nitrogens is 1. The Kier molecular flexibility index (Phi) is 7.23. The molecule has 1 saturated heterocycles. The van der Waals surface area contributed by atoms with Crippen LogP contribution < -0.4 is 5.32 Å². The van der Waals surface area contributed by atoms with Gasteiger partial charge in [-0.25, -0.2) is 8.42 Å². The third-order valence-electron chi connectivity index (χ3n) is 3.96. The van der Waals surface area contributed by atoms with Crippen molar-refractivity contribution in [2.45, 2.75) is 24.3 Å². The minimum absolute atomic E-state index is 0. The molecule has 1 aliphatic heterocycles. The SMILES string of the molecule is C[C@@H]1CCNCCN1S(=O)(=O)c1ccc2cnccc2c1.Cl.Cl. The molecule has 2 heterocycles. The summed E-state index contributed by atoms with van der Waals surface area (Å²) in [4.78, 5) is 4.41. The van der Waals surface area contributed by atoms with Gasteiger partial charge in [0.25, 0.3) is 0 Å². The van der Waals surface area contributed by atoms with Gasteiger partial charge in [0.2, 0.25) is 10.0 Å². The zero-order valence-corrected chi connectivity index (χ0v) is 15.3. The van der Waals surface area contributed by atoms with E-state index in [9.17, 15) is 8.42 Å². The number of rotatable bonds is 2. The first kappa shape index (κ1) is 20.1. The molecule has 5 nitrogen and oxygen atoms in total. The number of fused-ring (bicyclic) bond motifs is 1. The monoisotopic (exact) mass is 377 g/mol. The first-order chi connectivity index (χ1) is 10.1. The standard InChI is InChI=1S/C15H19N3O2S.2ClH/c1-12-4-6-16-8-9-18(12)21(19,20)15-3-2-14-11-17-7-5-13(14)10-15;;/h2-3,5,7,10-12,16H,4,6,8-9H2,1H3;2*1H/t12-;;/m1../s1. The predicted octanol–water partition coefficient (Wildman–Crippen LogP) is 2.45. The summed E-state index contributed by atoms with van der Waals surface area (Å²) in [6.07, 6.45) is 4.25. The fraction of sp³-hybridized carbons (Fsp3) is 0.400. The zero-order chi connectivity index (χ0) is 14.9. The highest BCUT2D eigenvalue weighted by atomic mass is 35.5. The second kappa shape index (κ2) is 8.26. The van der Waals surface area contributed by atoms with Gasteiger partial charge in [0.1, 0.15) is 0 Å². The van der Waals surface area contributed by atoms with E-state index in [2.05, 4.69) is 10.3 Å². The van der Waals surface area contributed by atoms with Crippen molar-refractivity contribution in [3.63, 3.8) is 0 Å². The van der Waals surface area contributed by atoms with Gasteiger partial charge >= 0.3 is 0 Å². The van der Waals surface area contributed by atoms with Crippen LogP contribution in [0.1, 0.15) is 13.3 Å². The van der Waals surface area contributed by atoms with Gasteiger partial charge in [-0.15, -0.1) is 24.8 Å². The number of nitrogens with zero attached hydrogens (tertiary/aromatic N) is 2. The summed E-state index contributed by atoms with van der Waals surface area (Å²) in [5.41, 5.74) is 0. The van der Waals surface area contributed by atoms with Crippen molar-refractivity contribution in [1.29, 1.82) is 0 Å². The highest BCUT2D eigenvalue weighted by Crippen LogP contribution is 2.23. The van der Waals surface area contributed by atoms with E-state index in [1.54, 1.807) is 28.8 Å². The maximum absolute atomic E-state index is 12.9. The molecular formula is C15H21Cl2N3O2S. The van der Waals surface area contributed by atoms with E-state index in [0.717, 1.165) is 23.7 Å². The highest BCUT2D eigenvalue weighted by Gasteiger charge is 2.29. The normalized spacial score (nSPS) is 19.4. The van der Waals surface area contributed by atoms with E-state index < -0.39 is 10.0 Å².